The normalized spacial score (nSPS) is 10.5. The Morgan fingerprint density at radius 3 is 1.78 bits per heavy atom. The van der Waals surface area contributed by atoms with Gasteiger partial charge in [-0.1, -0.05) is 64.9 Å². The summed E-state index contributed by atoms with van der Waals surface area (Å²) in [5.41, 5.74) is 0.558. The van der Waals surface area contributed by atoms with Crippen molar-refractivity contribution < 1.29 is 23.8 Å². The number of rotatable bonds is 20. The molecule has 0 saturated heterocycles. The predicted octanol–water partition coefficient (Wildman–Crippen LogP) is 7.04. The minimum absolute atomic E-state index is 0.270. The van der Waals surface area contributed by atoms with Crippen LogP contribution in [0.2, 0.25) is 0 Å². The molecule has 0 unspecified atom stereocenters. The fraction of sp³-hybridized carbons (Fsp3) is 0.630. The van der Waals surface area contributed by atoms with Crippen LogP contribution in [-0.2, 0) is 14.3 Å². The fourth-order valence-corrected chi connectivity index (χ4v) is 3.33. The van der Waals surface area contributed by atoms with E-state index in [-0.39, 0.29) is 11.9 Å². The van der Waals surface area contributed by atoms with Crippen molar-refractivity contribution in [1.82, 2.24) is 0 Å². The van der Waals surface area contributed by atoms with Crippen LogP contribution in [0.3, 0.4) is 0 Å². The SMILES string of the molecule is C=CC(=O)OCCCCCCOc1ccc(C(=O)OCCCCCCCCCCC)cc1. The van der Waals surface area contributed by atoms with Crippen molar-refractivity contribution in [3.63, 3.8) is 0 Å². The van der Waals surface area contributed by atoms with Crippen LogP contribution >= 0.6 is 0 Å². The molecule has 1 aromatic carbocycles. The molecule has 0 saturated carbocycles. The van der Waals surface area contributed by atoms with Gasteiger partial charge < -0.3 is 14.2 Å². The van der Waals surface area contributed by atoms with E-state index in [2.05, 4.69) is 13.5 Å². The number of unbranched alkanes of at least 4 members (excludes halogenated alkanes) is 11. The van der Waals surface area contributed by atoms with Gasteiger partial charge in [-0.15, -0.1) is 0 Å². The van der Waals surface area contributed by atoms with Gasteiger partial charge >= 0.3 is 11.9 Å². The lowest BCUT2D eigenvalue weighted by Crippen LogP contribution is -2.06. The molecular formula is C27H42O5. The molecule has 5 nitrogen and oxygen atoms in total. The average molecular weight is 447 g/mol. The predicted molar refractivity (Wildman–Crippen MR) is 129 cm³/mol. The first-order valence-electron chi connectivity index (χ1n) is 12.4. The molecule has 0 heterocycles. The van der Waals surface area contributed by atoms with E-state index in [9.17, 15) is 9.59 Å². The quantitative estimate of drug-likeness (QED) is 0.122. The maximum absolute atomic E-state index is 12.1. The second kappa shape index (κ2) is 19.4. The Morgan fingerprint density at radius 2 is 1.22 bits per heavy atom. The highest BCUT2D eigenvalue weighted by molar-refractivity contribution is 5.89. The third-order valence-electron chi connectivity index (χ3n) is 5.29. The van der Waals surface area contributed by atoms with Gasteiger partial charge in [0, 0.05) is 6.08 Å². The molecule has 0 aliphatic carbocycles. The summed E-state index contributed by atoms with van der Waals surface area (Å²) >= 11 is 0. The van der Waals surface area contributed by atoms with Crippen LogP contribution < -0.4 is 4.74 Å². The standard InChI is InChI=1S/C27H42O5/c1-3-5-6-7-8-9-10-11-16-23-32-27(29)24-17-19-25(20-18-24)30-21-14-12-13-15-22-31-26(28)4-2/h4,17-20H,2-3,5-16,21-23H2,1H3. The molecule has 1 aromatic rings. The molecule has 0 aliphatic rings. The molecular weight excluding hydrogens is 404 g/mol. The molecule has 0 aliphatic heterocycles. The first-order valence-corrected chi connectivity index (χ1v) is 12.4. The molecule has 0 N–H and O–H groups in total. The highest BCUT2D eigenvalue weighted by Gasteiger charge is 2.07. The summed E-state index contributed by atoms with van der Waals surface area (Å²) in [7, 11) is 0. The van der Waals surface area contributed by atoms with Gasteiger partial charge in [0.15, 0.2) is 0 Å². The zero-order valence-electron chi connectivity index (χ0n) is 19.9. The van der Waals surface area contributed by atoms with Crippen molar-refractivity contribution in [2.24, 2.45) is 0 Å². The molecule has 0 bridgehead atoms. The highest BCUT2D eigenvalue weighted by Crippen LogP contribution is 2.15. The van der Waals surface area contributed by atoms with Crippen LogP contribution in [0.4, 0.5) is 0 Å². The van der Waals surface area contributed by atoms with Crippen molar-refractivity contribution in [1.29, 1.82) is 0 Å². The van der Waals surface area contributed by atoms with Crippen LogP contribution in [0.25, 0.3) is 0 Å². The third-order valence-corrected chi connectivity index (χ3v) is 5.29. The van der Waals surface area contributed by atoms with Crippen molar-refractivity contribution in [2.75, 3.05) is 19.8 Å². The number of hydrogen-bond donors (Lipinski definition) is 0. The lowest BCUT2D eigenvalue weighted by Gasteiger charge is -2.08. The zero-order valence-corrected chi connectivity index (χ0v) is 19.9. The van der Waals surface area contributed by atoms with Crippen LogP contribution in [0.15, 0.2) is 36.9 Å². The summed E-state index contributed by atoms with van der Waals surface area (Å²) in [5.74, 6) is 0.109. The summed E-state index contributed by atoms with van der Waals surface area (Å²) in [6.07, 6.45) is 16.2. The van der Waals surface area contributed by atoms with E-state index in [0.717, 1.165) is 44.3 Å². The Labute approximate surface area is 194 Å². The summed E-state index contributed by atoms with van der Waals surface area (Å²) in [6.45, 7) is 7.14. The molecule has 0 fully saturated rings. The molecule has 0 atom stereocenters. The molecule has 1 rings (SSSR count). The van der Waals surface area contributed by atoms with E-state index >= 15 is 0 Å². The number of esters is 2. The summed E-state index contributed by atoms with van der Waals surface area (Å²) in [5, 5.41) is 0. The monoisotopic (exact) mass is 446 g/mol. The van der Waals surface area contributed by atoms with Gasteiger partial charge in [-0.05, 0) is 56.4 Å². The second-order valence-electron chi connectivity index (χ2n) is 8.12. The molecule has 0 spiro atoms. The molecule has 0 aromatic heterocycles. The molecule has 180 valence electrons. The van der Waals surface area contributed by atoms with E-state index in [0.29, 0.717) is 25.4 Å². The van der Waals surface area contributed by atoms with E-state index in [1.807, 2.05) is 12.1 Å². The fourth-order valence-electron chi connectivity index (χ4n) is 3.33. The lowest BCUT2D eigenvalue weighted by molar-refractivity contribution is -0.137. The van der Waals surface area contributed by atoms with Crippen molar-refractivity contribution in [3.8, 4) is 5.75 Å². The van der Waals surface area contributed by atoms with Crippen molar-refractivity contribution >= 4 is 11.9 Å². The Morgan fingerprint density at radius 1 is 0.719 bits per heavy atom. The first-order chi connectivity index (χ1) is 15.7. The van der Waals surface area contributed by atoms with Gasteiger partial charge in [-0.2, -0.15) is 0 Å². The Balaban J connectivity index is 2.03. The van der Waals surface area contributed by atoms with Crippen LogP contribution in [-0.4, -0.2) is 31.8 Å². The highest BCUT2D eigenvalue weighted by atomic mass is 16.5. The van der Waals surface area contributed by atoms with Gasteiger partial charge in [-0.3, -0.25) is 0 Å². The molecule has 0 amide bonds. The molecule has 32 heavy (non-hydrogen) atoms. The maximum atomic E-state index is 12.1. The topological polar surface area (TPSA) is 61.8 Å². The smallest absolute Gasteiger partial charge is 0.338 e. The third kappa shape index (κ3) is 14.7. The van der Waals surface area contributed by atoms with E-state index in [1.165, 1.54) is 51.0 Å². The lowest BCUT2D eigenvalue weighted by atomic mass is 10.1. The van der Waals surface area contributed by atoms with Gasteiger partial charge in [0.05, 0.1) is 25.4 Å². The van der Waals surface area contributed by atoms with Crippen LogP contribution in [0.5, 0.6) is 5.75 Å². The van der Waals surface area contributed by atoms with Gasteiger partial charge in [0.2, 0.25) is 0 Å². The van der Waals surface area contributed by atoms with Crippen molar-refractivity contribution in [3.05, 3.63) is 42.5 Å². The van der Waals surface area contributed by atoms with Crippen LogP contribution in [0, 0.1) is 0 Å². The molecule has 5 heteroatoms. The van der Waals surface area contributed by atoms with E-state index < -0.39 is 0 Å². The van der Waals surface area contributed by atoms with Gasteiger partial charge in [-0.25, -0.2) is 9.59 Å². The minimum atomic E-state index is -0.371. The Kier molecular flexibility index (Phi) is 16.8. The number of benzene rings is 1. The number of carbonyl (C=O) groups is 2. The average Bonchev–Trinajstić information content (AvgIpc) is 2.82. The second-order valence-corrected chi connectivity index (χ2v) is 8.12. The molecule has 0 radical (unpaired) electrons. The largest absolute Gasteiger partial charge is 0.494 e. The minimum Gasteiger partial charge on any atom is -0.494 e. The van der Waals surface area contributed by atoms with Crippen LogP contribution in [0.1, 0.15) is 101 Å². The van der Waals surface area contributed by atoms with E-state index in [1.54, 1.807) is 12.1 Å². The van der Waals surface area contributed by atoms with Gasteiger partial charge in [0.1, 0.15) is 5.75 Å². The van der Waals surface area contributed by atoms with E-state index in [4.69, 9.17) is 14.2 Å². The number of ether oxygens (including phenoxy) is 3. The van der Waals surface area contributed by atoms with Gasteiger partial charge in [0.25, 0.3) is 0 Å². The summed E-state index contributed by atoms with van der Waals surface area (Å²) < 4.78 is 16.0. The first kappa shape index (κ1) is 27.7. The summed E-state index contributed by atoms with van der Waals surface area (Å²) in [4.78, 5) is 23.1. The number of carbonyl (C=O) groups excluding carboxylic acids is 2. The summed E-state index contributed by atoms with van der Waals surface area (Å²) in [6, 6.07) is 7.12. The zero-order chi connectivity index (χ0) is 23.3. The number of hydrogen-bond acceptors (Lipinski definition) is 5. The van der Waals surface area contributed by atoms with Crippen molar-refractivity contribution in [2.45, 2.75) is 90.4 Å². The maximum Gasteiger partial charge on any atom is 0.338 e. The Bertz CT molecular complexity index is 623. The Hall–Kier alpha value is -2.30.